The highest BCUT2D eigenvalue weighted by molar-refractivity contribution is 5.84. The SMILES string of the molecule is N#Cc1ccc(NC(=O)O[C@H](CCCO)c2cccc(OCCO)c2)cc1. The number of carbonyl (C=O) groups excluding carboxylic acids is 1. The maximum absolute atomic E-state index is 12.2. The number of ether oxygens (including phenoxy) is 2. The van der Waals surface area contributed by atoms with Crippen molar-refractivity contribution in [2.24, 2.45) is 0 Å². The predicted molar refractivity (Wildman–Crippen MR) is 99.3 cm³/mol. The molecule has 27 heavy (non-hydrogen) atoms. The predicted octanol–water partition coefficient (Wildman–Crippen LogP) is 2.99. The Balaban J connectivity index is 2.06. The second kappa shape index (κ2) is 10.8. The average Bonchev–Trinajstić information content (AvgIpc) is 2.70. The lowest BCUT2D eigenvalue weighted by Crippen LogP contribution is -2.18. The average molecular weight is 370 g/mol. The minimum Gasteiger partial charge on any atom is -0.491 e. The highest BCUT2D eigenvalue weighted by Gasteiger charge is 2.17. The van der Waals surface area contributed by atoms with Crippen LogP contribution in [0.2, 0.25) is 0 Å². The van der Waals surface area contributed by atoms with Crippen molar-refractivity contribution in [3.05, 3.63) is 59.7 Å². The Morgan fingerprint density at radius 1 is 1.15 bits per heavy atom. The van der Waals surface area contributed by atoms with Crippen LogP contribution < -0.4 is 10.1 Å². The van der Waals surface area contributed by atoms with Gasteiger partial charge >= 0.3 is 6.09 Å². The quantitative estimate of drug-likeness (QED) is 0.626. The molecule has 0 aliphatic carbocycles. The Morgan fingerprint density at radius 3 is 2.59 bits per heavy atom. The zero-order chi connectivity index (χ0) is 19.5. The number of benzene rings is 2. The molecule has 0 spiro atoms. The third-order valence-electron chi connectivity index (χ3n) is 3.72. The van der Waals surface area contributed by atoms with Crippen molar-refractivity contribution < 1.29 is 24.5 Å². The highest BCUT2D eigenvalue weighted by atomic mass is 16.6. The first-order valence-electron chi connectivity index (χ1n) is 8.58. The number of aliphatic hydroxyl groups excluding tert-OH is 2. The topological polar surface area (TPSA) is 112 Å². The summed E-state index contributed by atoms with van der Waals surface area (Å²) in [6.07, 6.45) is -0.283. The van der Waals surface area contributed by atoms with E-state index < -0.39 is 12.2 Å². The monoisotopic (exact) mass is 370 g/mol. The number of carbonyl (C=O) groups is 1. The van der Waals surface area contributed by atoms with Crippen LogP contribution in [-0.2, 0) is 4.74 Å². The number of aliphatic hydroxyl groups is 2. The Bertz CT molecular complexity index is 771. The third-order valence-corrected chi connectivity index (χ3v) is 3.72. The molecular formula is C20H22N2O5. The molecule has 0 unspecified atom stereocenters. The number of nitrogens with one attached hydrogen (secondary N) is 1. The van der Waals surface area contributed by atoms with Crippen molar-refractivity contribution in [3.63, 3.8) is 0 Å². The van der Waals surface area contributed by atoms with Gasteiger partial charge in [-0.3, -0.25) is 5.32 Å². The fourth-order valence-electron chi connectivity index (χ4n) is 2.44. The summed E-state index contributed by atoms with van der Waals surface area (Å²) in [7, 11) is 0. The number of anilines is 1. The van der Waals surface area contributed by atoms with Gasteiger partial charge in [0, 0.05) is 12.3 Å². The maximum Gasteiger partial charge on any atom is 0.412 e. The van der Waals surface area contributed by atoms with Crippen LogP contribution in [0.5, 0.6) is 5.75 Å². The summed E-state index contributed by atoms with van der Waals surface area (Å²) >= 11 is 0. The molecule has 0 saturated carbocycles. The van der Waals surface area contributed by atoms with Crippen LogP contribution in [-0.4, -0.2) is 36.1 Å². The molecule has 1 atom stereocenters. The van der Waals surface area contributed by atoms with Gasteiger partial charge in [-0.25, -0.2) is 4.79 Å². The lowest BCUT2D eigenvalue weighted by Gasteiger charge is -2.19. The minimum atomic E-state index is -0.635. The first kappa shape index (κ1) is 20.2. The molecule has 0 aliphatic heterocycles. The van der Waals surface area contributed by atoms with Crippen LogP contribution in [0, 0.1) is 11.3 Å². The zero-order valence-electron chi connectivity index (χ0n) is 14.8. The lowest BCUT2D eigenvalue weighted by atomic mass is 10.0. The number of rotatable bonds is 9. The lowest BCUT2D eigenvalue weighted by molar-refractivity contribution is 0.0992. The summed E-state index contributed by atoms with van der Waals surface area (Å²) in [5.41, 5.74) is 1.74. The third kappa shape index (κ3) is 6.62. The summed E-state index contributed by atoms with van der Waals surface area (Å²) in [4.78, 5) is 12.2. The van der Waals surface area contributed by atoms with E-state index in [1.165, 1.54) is 0 Å². The van der Waals surface area contributed by atoms with Crippen LogP contribution in [0.25, 0.3) is 0 Å². The van der Waals surface area contributed by atoms with E-state index in [4.69, 9.17) is 24.9 Å². The van der Waals surface area contributed by atoms with E-state index in [0.29, 0.717) is 29.8 Å². The molecule has 0 bridgehead atoms. The highest BCUT2D eigenvalue weighted by Crippen LogP contribution is 2.27. The molecule has 3 N–H and O–H groups in total. The smallest absolute Gasteiger partial charge is 0.412 e. The summed E-state index contributed by atoms with van der Waals surface area (Å²) < 4.78 is 10.9. The second-order valence-electron chi connectivity index (χ2n) is 5.72. The summed E-state index contributed by atoms with van der Waals surface area (Å²) in [5.74, 6) is 0.562. The molecule has 2 aromatic rings. The van der Waals surface area contributed by atoms with Gasteiger partial charge < -0.3 is 19.7 Å². The molecule has 0 fully saturated rings. The normalized spacial score (nSPS) is 11.3. The van der Waals surface area contributed by atoms with Gasteiger partial charge in [-0.05, 0) is 54.8 Å². The number of amides is 1. The van der Waals surface area contributed by atoms with Gasteiger partial charge in [-0.2, -0.15) is 5.26 Å². The number of hydrogen-bond donors (Lipinski definition) is 3. The Labute approximate surface area is 157 Å². The second-order valence-corrected chi connectivity index (χ2v) is 5.72. The molecule has 0 saturated heterocycles. The van der Waals surface area contributed by atoms with Crippen LogP contribution in [0.1, 0.15) is 30.1 Å². The van der Waals surface area contributed by atoms with Crippen molar-refractivity contribution in [1.82, 2.24) is 0 Å². The van der Waals surface area contributed by atoms with Gasteiger partial charge in [0.1, 0.15) is 18.5 Å². The van der Waals surface area contributed by atoms with Gasteiger partial charge in [-0.15, -0.1) is 0 Å². The van der Waals surface area contributed by atoms with Crippen molar-refractivity contribution in [2.75, 3.05) is 25.1 Å². The largest absolute Gasteiger partial charge is 0.491 e. The fraction of sp³-hybridized carbons (Fsp3) is 0.300. The van der Waals surface area contributed by atoms with Crippen molar-refractivity contribution in [3.8, 4) is 11.8 Å². The van der Waals surface area contributed by atoms with Crippen LogP contribution in [0.15, 0.2) is 48.5 Å². The molecule has 0 heterocycles. The van der Waals surface area contributed by atoms with E-state index in [-0.39, 0.29) is 19.8 Å². The Kier molecular flexibility index (Phi) is 8.10. The zero-order valence-corrected chi connectivity index (χ0v) is 14.8. The van der Waals surface area contributed by atoms with Crippen LogP contribution in [0.3, 0.4) is 0 Å². The van der Waals surface area contributed by atoms with E-state index in [1.54, 1.807) is 42.5 Å². The standard InChI is InChI=1S/C20H22N2O5/c21-14-15-6-8-17(9-7-15)22-20(25)27-19(5-2-10-23)16-3-1-4-18(13-16)26-12-11-24/h1,3-4,6-9,13,19,23-24H,2,5,10-12H2,(H,22,25)/t19-/m1/s1. The van der Waals surface area contributed by atoms with E-state index >= 15 is 0 Å². The number of nitrogens with zero attached hydrogens (tertiary/aromatic N) is 1. The first-order valence-corrected chi connectivity index (χ1v) is 8.58. The molecule has 0 radical (unpaired) electrons. The van der Waals surface area contributed by atoms with Crippen LogP contribution >= 0.6 is 0 Å². The van der Waals surface area contributed by atoms with Gasteiger partial charge in [0.25, 0.3) is 0 Å². The minimum absolute atomic E-state index is 0.0161. The molecule has 1 amide bonds. The number of nitriles is 1. The maximum atomic E-state index is 12.2. The molecule has 2 rings (SSSR count). The molecule has 7 nitrogen and oxygen atoms in total. The Morgan fingerprint density at radius 2 is 1.93 bits per heavy atom. The van der Waals surface area contributed by atoms with Gasteiger partial charge in [0.05, 0.1) is 18.2 Å². The van der Waals surface area contributed by atoms with E-state index in [1.807, 2.05) is 12.1 Å². The van der Waals surface area contributed by atoms with E-state index in [0.717, 1.165) is 5.56 Å². The van der Waals surface area contributed by atoms with Gasteiger partial charge in [0.2, 0.25) is 0 Å². The number of hydrogen-bond acceptors (Lipinski definition) is 6. The van der Waals surface area contributed by atoms with Crippen molar-refractivity contribution >= 4 is 11.8 Å². The fourth-order valence-corrected chi connectivity index (χ4v) is 2.44. The van der Waals surface area contributed by atoms with E-state index in [9.17, 15) is 4.79 Å². The van der Waals surface area contributed by atoms with Gasteiger partial charge in [0.15, 0.2) is 0 Å². The molecule has 7 heteroatoms. The molecular weight excluding hydrogens is 348 g/mol. The Hall–Kier alpha value is -3.08. The molecule has 0 aromatic heterocycles. The molecule has 2 aromatic carbocycles. The van der Waals surface area contributed by atoms with Crippen LogP contribution in [0.4, 0.5) is 10.5 Å². The molecule has 0 aliphatic rings. The van der Waals surface area contributed by atoms with Crippen molar-refractivity contribution in [2.45, 2.75) is 18.9 Å². The summed E-state index contributed by atoms with van der Waals surface area (Å²) in [6.45, 7) is 0.0598. The molecule has 142 valence electrons. The summed E-state index contributed by atoms with van der Waals surface area (Å²) in [5, 5.41) is 29.4. The van der Waals surface area contributed by atoms with Gasteiger partial charge in [-0.1, -0.05) is 12.1 Å². The van der Waals surface area contributed by atoms with Crippen molar-refractivity contribution in [1.29, 1.82) is 5.26 Å². The first-order chi connectivity index (χ1) is 13.2. The van der Waals surface area contributed by atoms with E-state index in [2.05, 4.69) is 5.32 Å². The summed E-state index contributed by atoms with van der Waals surface area (Å²) in [6, 6.07) is 15.5.